The van der Waals surface area contributed by atoms with Gasteiger partial charge in [-0.1, -0.05) is 30.3 Å². The molecular weight excluding hydrogens is 336 g/mol. The van der Waals surface area contributed by atoms with E-state index in [1.807, 2.05) is 30.3 Å². The van der Waals surface area contributed by atoms with Gasteiger partial charge in [-0.15, -0.1) is 0 Å². The van der Waals surface area contributed by atoms with Gasteiger partial charge in [0.25, 0.3) is 5.91 Å². The number of furan rings is 1. The Bertz CT molecular complexity index is 713. The number of carbonyl (C=O) groups is 3. The van der Waals surface area contributed by atoms with Crippen molar-refractivity contribution in [1.29, 1.82) is 0 Å². The Morgan fingerprint density at radius 3 is 2.54 bits per heavy atom. The smallest absolute Gasteiger partial charge is 0.311 e. The minimum absolute atomic E-state index is 0.133. The summed E-state index contributed by atoms with van der Waals surface area (Å²) >= 11 is 0. The highest BCUT2D eigenvalue weighted by Gasteiger charge is 2.21. The zero-order valence-electron chi connectivity index (χ0n) is 14.6. The van der Waals surface area contributed by atoms with E-state index in [1.165, 1.54) is 18.6 Å². The van der Waals surface area contributed by atoms with Crippen molar-refractivity contribution in [2.24, 2.45) is 5.92 Å². The summed E-state index contributed by atoms with van der Waals surface area (Å²) in [5, 5.41) is 5.15. The van der Waals surface area contributed by atoms with Crippen LogP contribution in [0.15, 0.2) is 53.3 Å². The fraction of sp³-hybridized carbons (Fsp3) is 0.316. The van der Waals surface area contributed by atoms with E-state index in [1.54, 1.807) is 6.92 Å². The second-order valence-electron chi connectivity index (χ2n) is 5.64. The van der Waals surface area contributed by atoms with Crippen molar-refractivity contribution in [3.8, 4) is 0 Å². The van der Waals surface area contributed by atoms with Gasteiger partial charge in [0.2, 0.25) is 5.91 Å². The summed E-state index contributed by atoms with van der Waals surface area (Å²) in [4.78, 5) is 35.8. The molecule has 0 radical (unpaired) electrons. The average Bonchev–Trinajstić information content (AvgIpc) is 3.19. The molecule has 0 aliphatic rings. The van der Waals surface area contributed by atoms with Crippen LogP contribution < -0.4 is 10.6 Å². The zero-order chi connectivity index (χ0) is 18.8. The Morgan fingerprint density at radius 1 is 1.12 bits per heavy atom. The van der Waals surface area contributed by atoms with Crippen molar-refractivity contribution in [3.63, 3.8) is 0 Å². The molecule has 1 aromatic carbocycles. The number of ether oxygens (including phenoxy) is 1. The summed E-state index contributed by atoms with van der Waals surface area (Å²) < 4.78 is 9.90. The second-order valence-corrected chi connectivity index (χ2v) is 5.64. The maximum Gasteiger partial charge on any atom is 0.311 e. The molecule has 0 aliphatic heterocycles. The Hall–Kier alpha value is -3.09. The fourth-order valence-electron chi connectivity index (χ4n) is 2.35. The van der Waals surface area contributed by atoms with Crippen LogP contribution in [0.2, 0.25) is 0 Å². The molecule has 1 heterocycles. The first-order valence-corrected chi connectivity index (χ1v) is 8.37. The summed E-state index contributed by atoms with van der Waals surface area (Å²) in [5.74, 6) is -1.64. The van der Waals surface area contributed by atoms with E-state index in [0.717, 1.165) is 5.56 Å². The van der Waals surface area contributed by atoms with Gasteiger partial charge in [0, 0.05) is 6.54 Å². The van der Waals surface area contributed by atoms with Gasteiger partial charge in [0.15, 0.2) is 0 Å². The van der Waals surface area contributed by atoms with Gasteiger partial charge in [-0.2, -0.15) is 0 Å². The average molecular weight is 358 g/mol. The lowest BCUT2D eigenvalue weighted by molar-refractivity contribution is -0.147. The topological polar surface area (TPSA) is 97.6 Å². The molecule has 0 saturated heterocycles. The fourth-order valence-corrected chi connectivity index (χ4v) is 2.35. The van der Waals surface area contributed by atoms with E-state index in [2.05, 4.69) is 10.6 Å². The molecule has 1 atom stereocenters. The number of esters is 1. The van der Waals surface area contributed by atoms with Gasteiger partial charge in [-0.05, 0) is 25.0 Å². The standard InChI is InChI=1S/C19H22N2O5/c1-2-26-19(24)16(10-14-6-4-3-5-7-14)11-20-17(22)12-21-18(23)15-8-9-25-13-15/h3-9,13,16H,2,10-12H2,1H3,(H,20,22)(H,21,23). The Kier molecular flexibility index (Phi) is 7.42. The molecule has 138 valence electrons. The van der Waals surface area contributed by atoms with Crippen LogP contribution in [0.4, 0.5) is 0 Å². The maximum atomic E-state index is 12.1. The molecule has 2 N–H and O–H groups in total. The highest BCUT2D eigenvalue weighted by atomic mass is 16.5. The largest absolute Gasteiger partial charge is 0.472 e. The maximum absolute atomic E-state index is 12.1. The van der Waals surface area contributed by atoms with Gasteiger partial charge >= 0.3 is 5.97 Å². The molecule has 0 fully saturated rings. The predicted molar refractivity (Wildman–Crippen MR) is 94.3 cm³/mol. The first-order valence-electron chi connectivity index (χ1n) is 8.37. The van der Waals surface area contributed by atoms with Crippen LogP contribution in [0.3, 0.4) is 0 Å². The van der Waals surface area contributed by atoms with E-state index in [9.17, 15) is 14.4 Å². The number of hydrogen-bond acceptors (Lipinski definition) is 5. The molecule has 2 amide bonds. The molecule has 1 aromatic heterocycles. The van der Waals surface area contributed by atoms with Gasteiger partial charge in [0.05, 0.1) is 30.9 Å². The molecule has 7 heteroatoms. The highest BCUT2D eigenvalue weighted by Crippen LogP contribution is 2.10. The quantitative estimate of drug-likeness (QED) is 0.663. The number of hydrogen-bond donors (Lipinski definition) is 2. The van der Waals surface area contributed by atoms with Crippen LogP contribution in [0, 0.1) is 5.92 Å². The van der Waals surface area contributed by atoms with Crippen LogP contribution in [0.5, 0.6) is 0 Å². The third-order valence-corrected chi connectivity index (χ3v) is 3.68. The lowest BCUT2D eigenvalue weighted by atomic mass is 9.99. The van der Waals surface area contributed by atoms with Crippen molar-refractivity contribution >= 4 is 17.8 Å². The molecule has 1 unspecified atom stereocenters. The number of carbonyl (C=O) groups excluding carboxylic acids is 3. The highest BCUT2D eigenvalue weighted by molar-refractivity contribution is 5.96. The molecule has 0 aliphatic carbocycles. The Labute approximate surface area is 151 Å². The van der Waals surface area contributed by atoms with Crippen LogP contribution in [0.25, 0.3) is 0 Å². The Morgan fingerprint density at radius 2 is 1.88 bits per heavy atom. The van der Waals surface area contributed by atoms with Crippen LogP contribution in [-0.4, -0.2) is 37.5 Å². The Balaban J connectivity index is 1.84. The number of amides is 2. The molecule has 2 aromatic rings. The molecule has 0 bridgehead atoms. The van der Waals surface area contributed by atoms with Gasteiger partial charge in [-0.25, -0.2) is 0 Å². The third-order valence-electron chi connectivity index (χ3n) is 3.68. The number of rotatable bonds is 9. The van der Waals surface area contributed by atoms with E-state index in [0.29, 0.717) is 12.0 Å². The summed E-state index contributed by atoms with van der Waals surface area (Å²) in [5.41, 5.74) is 1.32. The monoisotopic (exact) mass is 358 g/mol. The van der Waals surface area contributed by atoms with Crippen molar-refractivity contribution in [1.82, 2.24) is 10.6 Å². The molecule has 2 rings (SSSR count). The zero-order valence-corrected chi connectivity index (χ0v) is 14.6. The van der Waals surface area contributed by atoms with Gasteiger partial charge in [-0.3, -0.25) is 14.4 Å². The first kappa shape index (κ1) is 19.2. The van der Waals surface area contributed by atoms with E-state index in [-0.39, 0.29) is 31.6 Å². The number of benzene rings is 1. The van der Waals surface area contributed by atoms with E-state index >= 15 is 0 Å². The molecular formula is C19H22N2O5. The van der Waals surface area contributed by atoms with Crippen molar-refractivity contribution in [2.45, 2.75) is 13.3 Å². The normalized spacial score (nSPS) is 11.4. The van der Waals surface area contributed by atoms with Crippen LogP contribution >= 0.6 is 0 Å². The summed E-state index contributed by atoms with van der Waals surface area (Å²) in [6.45, 7) is 1.96. The van der Waals surface area contributed by atoms with Gasteiger partial charge in [0.1, 0.15) is 6.26 Å². The minimum atomic E-state index is -0.495. The van der Waals surface area contributed by atoms with Crippen LogP contribution in [0.1, 0.15) is 22.8 Å². The SMILES string of the molecule is CCOC(=O)C(CNC(=O)CNC(=O)c1ccoc1)Cc1ccccc1. The van der Waals surface area contributed by atoms with E-state index in [4.69, 9.17) is 9.15 Å². The van der Waals surface area contributed by atoms with Gasteiger partial charge < -0.3 is 19.8 Å². The van der Waals surface area contributed by atoms with Crippen LogP contribution in [-0.2, 0) is 20.7 Å². The minimum Gasteiger partial charge on any atom is -0.472 e. The van der Waals surface area contributed by atoms with E-state index < -0.39 is 11.8 Å². The molecule has 7 nitrogen and oxygen atoms in total. The molecule has 0 saturated carbocycles. The van der Waals surface area contributed by atoms with Crippen molar-refractivity contribution < 1.29 is 23.5 Å². The molecule has 0 spiro atoms. The summed E-state index contributed by atoms with van der Waals surface area (Å²) in [6, 6.07) is 11.0. The lowest BCUT2D eigenvalue weighted by Crippen LogP contribution is -2.41. The first-order chi connectivity index (χ1) is 12.6. The predicted octanol–water partition coefficient (Wildman–Crippen LogP) is 1.55. The molecule has 26 heavy (non-hydrogen) atoms. The summed E-state index contributed by atoms with van der Waals surface area (Å²) in [7, 11) is 0. The number of nitrogens with one attached hydrogen (secondary N) is 2. The lowest BCUT2D eigenvalue weighted by Gasteiger charge is -2.16. The summed E-state index contributed by atoms with van der Waals surface area (Å²) in [6.07, 6.45) is 3.13. The second kappa shape index (κ2) is 10.0. The van der Waals surface area contributed by atoms with Crippen molar-refractivity contribution in [2.75, 3.05) is 19.7 Å². The third kappa shape index (κ3) is 6.08. The van der Waals surface area contributed by atoms with Crippen molar-refractivity contribution in [3.05, 3.63) is 60.1 Å².